The number of aryl methyl sites for hydroxylation is 1. The topological polar surface area (TPSA) is 87.7 Å². The number of phenols is 1. The van der Waals surface area contributed by atoms with Gasteiger partial charge >= 0.3 is 5.97 Å². The largest absolute Gasteiger partial charge is 0.508 e. The molecular formula is C12H11N3O3S. The van der Waals surface area contributed by atoms with Crippen molar-refractivity contribution >= 4 is 33.8 Å². The number of aliphatic imine (C=N–C) groups is 1. The Balaban J connectivity index is 2.09. The lowest BCUT2D eigenvalue weighted by Gasteiger charge is -2.00. The summed E-state index contributed by atoms with van der Waals surface area (Å²) in [6.45, 7) is 0. The summed E-state index contributed by atoms with van der Waals surface area (Å²) in [4.78, 5) is 19.5. The fourth-order valence-electron chi connectivity index (χ4n) is 1.99. The first-order valence-electron chi connectivity index (χ1n) is 5.65. The van der Waals surface area contributed by atoms with E-state index in [9.17, 15) is 9.90 Å². The first-order chi connectivity index (χ1) is 9.06. The van der Waals surface area contributed by atoms with Crippen LogP contribution in [-0.2, 0) is 11.8 Å². The highest BCUT2D eigenvalue weighted by Crippen LogP contribution is 2.26. The van der Waals surface area contributed by atoms with E-state index in [2.05, 4.69) is 9.98 Å². The Labute approximate surface area is 112 Å². The van der Waals surface area contributed by atoms with Gasteiger partial charge < -0.3 is 14.8 Å². The predicted molar refractivity (Wildman–Crippen MR) is 72.8 cm³/mol. The predicted octanol–water partition coefficient (Wildman–Crippen LogP) is 1.23. The molecule has 1 aliphatic heterocycles. The Bertz CT molecular complexity index is 708. The normalized spacial score (nSPS) is 18.8. The summed E-state index contributed by atoms with van der Waals surface area (Å²) in [7, 11) is 1.82. The van der Waals surface area contributed by atoms with Gasteiger partial charge in [-0.25, -0.2) is 9.78 Å². The number of aliphatic carboxylic acids is 1. The van der Waals surface area contributed by atoms with Crippen LogP contribution in [0.5, 0.6) is 5.75 Å². The van der Waals surface area contributed by atoms with Gasteiger partial charge in [0, 0.05) is 18.9 Å². The highest BCUT2D eigenvalue weighted by molar-refractivity contribution is 8.14. The lowest BCUT2D eigenvalue weighted by Crippen LogP contribution is -2.17. The number of hydrogen-bond donors (Lipinski definition) is 2. The van der Waals surface area contributed by atoms with E-state index in [-0.39, 0.29) is 5.75 Å². The van der Waals surface area contributed by atoms with Crippen molar-refractivity contribution in [2.45, 2.75) is 6.04 Å². The maximum atomic E-state index is 10.9. The number of carboxylic acids is 1. The summed E-state index contributed by atoms with van der Waals surface area (Å²) in [6, 6.07) is 4.22. The SMILES string of the molecule is Cn1c(C2=NC(C(=O)O)CS2)nc2ccc(O)cc21. The van der Waals surface area contributed by atoms with E-state index in [1.54, 1.807) is 18.2 Å². The monoisotopic (exact) mass is 277 g/mol. The van der Waals surface area contributed by atoms with Crippen LogP contribution in [0.25, 0.3) is 11.0 Å². The van der Waals surface area contributed by atoms with Crippen molar-refractivity contribution in [1.29, 1.82) is 0 Å². The zero-order valence-electron chi connectivity index (χ0n) is 10.1. The van der Waals surface area contributed by atoms with Gasteiger partial charge in [-0.05, 0) is 12.1 Å². The number of carbonyl (C=O) groups is 1. The first-order valence-corrected chi connectivity index (χ1v) is 6.64. The minimum atomic E-state index is -0.918. The second-order valence-corrected chi connectivity index (χ2v) is 5.28. The Morgan fingerprint density at radius 3 is 3.00 bits per heavy atom. The third-order valence-corrected chi connectivity index (χ3v) is 4.04. The Morgan fingerprint density at radius 1 is 1.53 bits per heavy atom. The average molecular weight is 277 g/mol. The van der Waals surface area contributed by atoms with Gasteiger partial charge in [-0.15, -0.1) is 11.8 Å². The van der Waals surface area contributed by atoms with Crippen molar-refractivity contribution < 1.29 is 15.0 Å². The molecule has 0 fully saturated rings. The minimum absolute atomic E-state index is 0.173. The van der Waals surface area contributed by atoms with Gasteiger partial charge in [0.1, 0.15) is 10.8 Å². The highest BCUT2D eigenvalue weighted by atomic mass is 32.2. The van der Waals surface area contributed by atoms with E-state index in [1.807, 2.05) is 11.6 Å². The molecule has 0 bridgehead atoms. The fraction of sp³-hybridized carbons (Fsp3) is 0.250. The smallest absolute Gasteiger partial charge is 0.329 e. The van der Waals surface area contributed by atoms with Gasteiger partial charge in [-0.1, -0.05) is 0 Å². The second kappa shape index (κ2) is 4.27. The van der Waals surface area contributed by atoms with E-state index < -0.39 is 12.0 Å². The van der Waals surface area contributed by atoms with E-state index in [1.165, 1.54) is 11.8 Å². The molecule has 0 aliphatic carbocycles. The Kier molecular flexibility index (Phi) is 2.70. The summed E-state index contributed by atoms with van der Waals surface area (Å²) in [6.07, 6.45) is 0. The maximum absolute atomic E-state index is 10.9. The van der Waals surface area contributed by atoms with Crippen molar-refractivity contribution in [3.63, 3.8) is 0 Å². The third kappa shape index (κ3) is 1.95. The molecule has 1 aromatic carbocycles. The van der Waals surface area contributed by atoms with Crippen LogP contribution < -0.4 is 0 Å². The zero-order chi connectivity index (χ0) is 13.6. The number of aromatic nitrogens is 2. The Hall–Kier alpha value is -2.02. The molecule has 2 heterocycles. The molecule has 3 rings (SSSR count). The van der Waals surface area contributed by atoms with Crippen molar-refractivity contribution in [2.24, 2.45) is 12.0 Å². The number of hydrogen-bond acceptors (Lipinski definition) is 5. The van der Waals surface area contributed by atoms with Crippen LogP contribution in [0.15, 0.2) is 23.2 Å². The van der Waals surface area contributed by atoms with Gasteiger partial charge in [0.05, 0.1) is 11.0 Å². The van der Waals surface area contributed by atoms with Crippen LogP contribution in [0.4, 0.5) is 0 Å². The number of thioether (sulfide) groups is 1. The minimum Gasteiger partial charge on any atom is -0.508 e. The number of benzene rings is 1. The molecule has 0 radical (unpaired) electrons. The number of phenolic OH excluding ortho intramolecular Hbond substituents is 1. The zero-order valence-corrected chi connectivity index (χ0v) is 10.9. The quantitative estimate of drug-likeness (QED) is 0.862. The van der Waals surface area contributed by atoms with Crippen LogP contribution in [0.1, 0.15) is 5.82 Å². The van der Waals surface area contributed by atoms with E-state index in [0.29, 0.717) is 16.6 Å². The van der Waals surface area contributed by atoms with Crippen LogP contribution >= 0.6 is 11.8 Å². The van der Waals surface area contributed by atoms with Gasteiger partial charge in [0.25, 0.3) is 0 Å². The van der Waals surface area contributed by atoms with Crippen LogP contribution in [0.3, 0.4) is 0 Å². The summed E-state index contributed by atoms with van der Waals surface area (Å²) in [5.74, 6) is 0.318. The fourth-order valence-corrected chi connectivity index (χ4v) is 3.04. The molecule has 1 atom stereocenters. The molecule has 0 saturated carbocycles. The van der Waals surface area contributed by atoms with E-state index >= 15 is 0 Å². The molecule has 6 nitrogen and oxygen atoms in total. The molecule has 0 spiro atoms. The molecule has 1 aromatic heterocycles. The van der Waals surface area contributed by atoms with Crippen molar-refractivity contribution in [2.75, 3.05) is 5.75 Å². The van der Waals surface area contributed by atoms with Gasteiger partial charge in [-0.3, -0.25) is 4.99 Å². The van der Waals surface area contributed by atoms with Gasteiger partial charge in [-0.2, -0.15) is 0 Å². The number of imidazole rings is 1. The molecule has 0 saturated heterocycles. The molecule has 0 amide bonds. The number of rotatable bonds is 2. The number of carboxylic acid groups (broad SMARTS) is 1. The molecule has 1 aliphatic rings. The summed E-state index contributed by atoms with van der Waals surface area (Å²) in [5, 5.41) is 19.1. The van der Waals surface area contributed by atoms with Crippen LogP contribution in [0, 0.1) is 0 Å². The molecule has 98 valence electrons. The molecule has 2 N–H and O–H groups in total. The van der Waals surface area contributed by atoms with E-state index in [4.69, 9.17) is 5.11 Å². The van der Waals surface area contributed by atoms with Crippen molar-refractivity contribution in [3.8, 4) is 5.75 Å². The lowest BCUT2D eigenvalue weighted by atomic mass is 10.3. The molecule has 19 heavy (non-hydrogen) atoms. The number of nitrogens with zero attached hydrogens (tertiary/aromatic N) is 3. The first kappa shape index (κ1) is 12.0. The Morgan fingerprint density at radius 2 is 2.32 bits per heavy atom. The average Bonchev–Trinajstić information content (AvgIpc) is 2.95. The maximum Gasteiger partial charge on any atom is 0.329 e. The van der Waals surface area contributed by atoms with Gasteiger partial charge in [0.2, 0.25) is 0 Å². The van der Waals surface area contributed by atoms with Gasteiger partial charge in [0.15, 0.2) is 11.9 Å². The molecular weight excluding hydrogens is 266 g/mol. The molecule has 7 heteroatoms. The summed E-state index contributed by atoms with van der Waals surface area (Å²) >= 11 is 1.39. The summed E-state index contributed by atoms with van der Waals surface area (Å²) in [5.41, 5.74) is 1.54. The highest BCUT2D eigenvalue weighted by Gasteiger charge is 2.27. The number of aromatic hydroxyl groups is 1. The molecule has 2 aromatic rings. The van der Waals surface area contributed by atoms with Crippen molar-refractivity contribution in [1.82, 2.24) is 9.55 Å². The van der Waals surface area contributed by atoms with Crippen LogP contribution in [0.2, 0.25) is 0 Å². The van der Waals surface area contributed by atoms with E-state index in [0.717, 1.165) is 11.0 Å². The van der Waals surface area contributed by atoms with Crippen molar-refractivity contribution in [3.05, 3.63) is 24.0 Å². The molecule has 1 unspecified atom stereocenters. The number of fused-ring (bicyclic) bond motifs is 1. The second-order valence-electron chi connectivity index (χ2n) is 4.27. The van der Waals surface area contributed by atoms with Crippen LogP contribution in [-0.4, -0.2) is 42.6 Å². The summed E-state index contributed by atoms with van der Waals surface area (Å²) < 4.78 is 1.81. The third-order valence-electron chi connectivity index (χ3n) is 2.99. The standard InChI is InChI=1S/C12H11N3O3S/c1-15-9-4-6(16)2-3-7(9)13-10(15)11-14-8(5-19-11)12(17)18/h2-4,8,16H,5H2,1H3,(H,17,18). The lowest BCUT2D eigenvalue weighted by molar-refractivity contribution is -0.137.